The molecule has 1 saturated heterocycles. The van der Waals surface area contributed by atoms with Gasteiger partial charge in [0.25, 0.3) is 0 Å². The van der Waals surface area contributed by atoms with Gasteiger partial charge in [0, 0.05) is 6.61 Å². The Morgan fingerprint density at radius 2 is 2.27 bits per heavy atom. The third kappa shape index (κ3) is 5.53. The zero-order chi connectivity index (χ0) is 11.1. The predicted molar refractivity (Wildman–Crippen MR) is 62.9 cm³/mol. The first kappa shape index (κ1) is 13.0. The molecule has 1 N–H and O–H groups in total. The van der Waals surface area contributed by atoms with Gasteiger partial charge in [0.2, 0.25) is 0 Å². The van der Waals surface area contributed by atoms with Crippen LogP contribution in [0.1, 0.15) is 58.8 Å². The van der Waals surface area contributed by atoms with Crippen LogP contribution in [0.25, 0.3) is 0 Å². The Bertz CT molecular complexity index is 153. The summed E-state index contributed by atoms with van der Waals surface area (Å²) in [5, 5.41) is 9.78. The van der Waals surface area contributed by atoms with E-state index in [0.29, 0.717) is 12.0 Å². The van der Waals surface area contributed by atoms with Gasteiger partial charge in [0.05, 0.1) is 12.2 Å². The summed E-state index contributed by atoms with van der Waals surface area (Å²) >= 11 is 0. The zero-order valence-electron chi connectivity index (χ0n) is 10.2. The van der Waals surface area contributed by atoms with Crippen molar-refractivity contribution in [3.05, 3.63) is 0 Å². The van der Waals surface area contributed by atoms with E-state index in [2.05, 4.69) is 13.8 Å². The first-order valence-electron chi connectivity index (χ1n) is 6.52. The van der Waals surface area contributed by atoms with Gasteiger partial charge in [-0.3, -0.25) is 0 Å². The van der Waals surface area contributed by atoms with E-state index in [-0.39, 0.29) is 6.10 Å². The lowest BCUT2D eigenvalue weighted by molar-refractivity contribution is 0.0903. The number of aliphatic hydroxyl groups is 1. The molecule has 0 amide bonds. The number of hydrogen-bond acceptors (Lipinski definition) is 2. The number of ether oxygens (including phenoxy) is 1. The molecule has 15 heavy (non-hydrogen) atoms. The van der Waals surface area contributed by atoms with Crippen molar-refractivity contribution in [1.29, 1.82) is 0 Å². The fourth-order valence-electron chi connectivity index (χ4n) is 2.20. The van der Waals surface area contributed by atoms with Crippen LogP contribution in [-0.4, -0.2) is 23.9 Å². The molecule has 1 aliphatic rings. The van der Waals surface area contributed by atoms with Gasteiger partial charge >= 0.3 is 0 Å². The van der Waals surface area contributed by atoms with E-state index in [9.17, 15) is 5.11 Å². The van der Waals surface area contributed by atoms with Crippen molar-refractivity contribution in [1.82, 2.24) is 0 Å². The molecule has 2 heteroatoms. The minimum atomic E-state index is -0.0960. The molecular weight excluding hydrogens is 188 g/mol. The predicted octanol–water partition coefficient (Wildman–Crippen LogP) is 3.13. The van der Waals surface area contributed by atoms with Crippen LogP contribution in [-0.2, 0) is 4.74 Å². The SMILES string of the molecule is CCC(C)CC(O)CCCC1CCCO1. The maximum absolute atomic E-state index is 9.78. The first-order valence-corrected chi connectivity index (χ1v) is 6.52. The summed E-state index contributed by atoms with van der Waals surface area (Å²) < 4.78 is 5.56. The van der Waals surface area contributed by atoms with Crippen LogP contribution in [0.3, 0.4) is 0 Å². The van der Waals surface area contributed by atoms with E-state index in [1.807, 2.05) is 0 Å². The highest BCUT2D eigenvalue weighted by molar-refractivity contribution is 4.67. The quantitative estimate of drug-likeness (QED) is 0.705. The molecule has 0 aliphatic carbocycles. The lowest BCUT2D eigenvalue weighted by atomic mass is 9.97. The Morgan fingerprint density at radius 1 is 1.47 bits per heavy atom. The molecule has 1 fully saturated rings. The third-order valence-electron chi connectivity index (χ3n) is 3.46. The second-order valence-electron chi connectivity index (χ2n) is 4.97. The second kappa shape index (κ2) is 7.24. The van der Waals surface area contributed by atoms with E-state index in [1.54, 1.807) is 0 Å². The Labute approximate surface area is 94.0 Å². The summed E-state index contributed by atoms with van der Waals surface area (Å²) in [6, 6.07) is 0. The fourth-order valence-corrected chi connectivity index (χ4v) is 2.20. The van der Waals surface area contributed by atoms with Crippen LogP contribution in [0.4, 0.5) is 0 Å². The zero-order valence-corrected chi connectivity index (χ0v) is 10.2. The van der Waals surface area contributed by atoms with Crippen molar-refractivity contribution < 1.29 is 9.84 Å². The van der Waals surface area contributed by atoms with Gasteiger partial charge in [-0.15, -0.1) is 0 Å². The molecule has 0 aromatic heterocycles. The average molecular weight is 214 g/mol. The minimum Gasteiger partial charge on any atom is -0.393 e. The molecule has 0 radical (unpaired) electrons. The largest absolute Gasteiger partial charge is 0.393 e. The average Bonchev–Trinajstić information content (AvgIpc) is 2.70. The van der Waals surface area contributed by atoms with Gasteiger partial charge in [0.15, 0.2) is 0 Å². The van der Waals surface area contributed by atoms with Crippen LogP contribution in [0.15, 0.2) is 0 Å². The van der Waals surface area contributed by atoms with Crippen LogP contribution < -0.4 is 0 Å². The Hall–Kier alpha value is -0.0800. The van der Waals surface area contributed by atoms with Crippen LogP contribution >= 0.6 is 0 Å². The van der Waals surface area contributed by atoms with Crippen molar-refractivity contribution in [2.24, 2.45) is 5.92 Å². The van der Waals surface area contributed by atoms with Crippen LogP contribution in [0, 0.1) is 5.92 Å². The fraction of sp³-hybridized carbons (Fsp3) is 1.00. The molecule has 0 bridgehead atoms. The summed E-state index contributed by atoms with van der Waals surface area (Å²) in [5.41, 5.74) is 0. The van der Waals surface area contributed by atoms with E-state index < -0.39 is 0 Å². The van der Waals surface area contributed by atoms with Gasteiger partial charge in [0.1, 0.15) is 0 Å². The lowest BCUT2D eigenvalue weighted by Crippen LogP contribution is -2.13. The van der Waals surface area contributed by atoms with Crippen molar-refractivity contribution in [2.75, 3.05) is 6.61 Å². The smallest absolute Gasteiger partial charge is 0.0576 e. The molecule has 3 atom stereocenters. The highest BCUT2D eigenvalue weighted by Gasteiger charge is 2.16. The number of aliphatic hydroxyl groups excluding tert-OH is 1. The van der Waals surface area contributed by atoms with Crippen molar-refractivity contribution in [3.8, 4) is 0 Å². The monoisotopic (exact) mass is 214 g/mol. The second-order valence-corrected chi connectivity index (χ2v) is 4.97. The van der Waals surface area contributed by atoms with Crippen molar-refractivity contribution in [2.45, 2.75) is 71.0 Å². The van der Waals surface area contributed by atoms with Gasteiger partial charge in [-0.2, -0.15) is 0 Å². The summed E-state index contributed by atoms with van der Waals surface area (Å²) in [6.07, 6.45) is 8.17. The van der Waals surface area contributed by atoms with E-state index in [4.69, 9.17) is 4.74 Å². The molecule has 3 unspecified atom stereocenters. The Morgan fingerprint density at radius 3 is 2.87 bits per heavy atom. The van der Waals surface area contributed by atoms with E-state index >= 15 is 0 Å². The molecule has 90 valence electrons. The molecule has 2 nitrogen and oxygen atoms in total. The van der Waals surface area contributed by atoms with Gasteiger partial charge in [-0.25, -0.2) is 0 Å². The van der Waals surface area contributed by atoms with Gasteiger partial charge < -0.3 is 9.84 Å². The third-order valence-corrected chi connectivity index (χ3v) is 3.46. The topological polar surface area (TPSA) is 29.5 Å². The molecular formula is C13H26O2. The van der Waals surface area contributed by atoms with E-state index in [0.717, 1.165) is 32.3 Å². The molecule has 0 spiro atoms. The van der Waals surface area contributed by atoms with Crippen molar-refractivity contribution in [3.63, 3.8) is 0 Å². The molecule has 1 rings (SSSR count). The lowest BCUT2D eigenvalue weighted by Gasteiger charge is -2.15. The maximum atomic E-state index is 9.78. The highest BCUT2D eigenvalue weighted by atomic mass is 16.5. The minimum absolute atomic E-state index is 0.0960. The summed E-state index contributed by atoms with van der Waals surface area (Å²) in [6.45, 7) is 5.34. The number of rotatable bonds is 7. The van der Waals surface area contributed by atoms with E-state index in [1.165, 1.54) is 19.3 Å². The standard InChI is InChI=1S/C13H26O2/c1-3-11(2)10-12(14)6-4-7-13-8-5-9-15-13/h11-14H,3-10H2,1-2H3. The molecule has 1 aliphatic heterocycles. The molecule has 0 aromatic rings. The highest BCUT2D eigenvalue weighted by Crippen LogP contribution is 2.20. The number of hydrogen-bond donors (Lipinski definition) is 1. The maximum Gasteiger partial charge on any atom is 0.0576 e. The summed E-state index contributed by atoms with van der Waals surface area (Å²) in [5.74, 6) is 0.655. The first-order chi connectivity index (χ1) is 7.22. The Kier molecular flexibility index (Phi) is 6.26. The van der Waals surface area contributed by atoms with Gasteiger partial charge in [-0.05, 0) is 44.4 Å². The molecule has 0 saturated carbocycles. The molecule has 1 heterocycles. The van der Waals surface area contributed by atoms with Crippen LogP contribution in [0.5, 0.6) is 0 Å². The normalized spacial score (nSPS) is 25.4. The van der Waals surface area contributed by atoms with Crippen molar-refractivity contribution >= 4 is 0 Å². The molecule has 0 aromatic carbocycles. The van der Waals surface area contributed by atoms with Gasteiger partial charge in [-0.1, -0.05) is 20.3 Å². The summed E-state index contributed by atoms with van der Waals surface area (Å²) in [4.78, 5) is 0. The van der Waals surface area contributed by atoms with Crippen LogP contribution in [0.2, 0.25) is 0 Å². The summed E-state index contributed by atoms with van der Waals surface area (Å²) in [7, 11) is 0. The Balaban J connectivity index is 1.98.